The number of hydrogen-bond acceptors (Lipinski definition) is 1. The third kappa shape index (κ3) is 4.13. The maximum atomic E-state index is 11.8. The average molecular weight is 276 g/mol. The average Bonchev–Trinajstić information content (AvgIpc) is 2.54. The first-order chi connectivity index (χ1) is 6.92. The molecule has 0 radical (unpaired) electrons. The molecule has 0 bridgehead atoms. The Bertz CT molecular complexity index is 220. The molecule has 0 heterocycles. The topological polar surface area (TPSA) is 29.1 Å². The van der Waals surface area contributed by atoms with Gasteiger partial charge in [-0.05, 0) is 32.6 Å². The van der Waals surface area contributed by atoms with Gasteiger partial charge in [-0.25, -0.2) is 0 Å². The lowest BCUT2D eigenvalue weighted by atomic mass is 9.99. The van der Waals surface area contributed by atoms with Crippen molar-refractivity contribution in [3.8, 4) is 0 Å². The van der Waals surface area contributed by atoms with Gasteiger partial charge in [-0.2, -0.15) is 0 Å². The Morgan fingerprint density at radius 3 is 2.47 bits per heavy atom. The number of carbonyl (C=O) groups is 1. The van der Waals surface area contributed by atoms with E-state index in [1.54, 1.807) is 0 Å². The van der Waals surface area contributed by atoms with Gasteiger partial charge < -0.3 is 5.32 Å². The molecule has 0 saturated heterocycles. The van der Waals surface area contributed by atoms with Gasteiger partial charge in [-0.3, -0.25) is 4.79 Å². The lowest BCUT2D eigenvalue weighted by Gasteiger charge is -2.29. The quantitative estimate of drug-likeness (QED) is 0.785. The standard InChI is InChI=1S/C12H22BrNO/c1-9(13)12(2,3)14-11(15)8-10-6-4-5-7-10/h9-10H,4-8H2,1-3H3,(H,14,15). The maximum Gasteiger partial charge on any atom is 0.220 e. The minimum absolute atomic E-state index is 0.157. The summed E-state index contributed by atoms with van der Waals surface area (Å²) < 4.78 is 0. The molecule has 88 valence electrons. The summed E-state index contributed by atoms with van der Waals surface area (Å²) in [5, 5.41) is 3.10. The van der Waals surface area contributed by atoms with Crippen molar-refractivity contribution in [1.29, 1.82) is 0 Å². The molecule has 0 spiro atoms. The third-order valence-corrected chi connectivity index (χ3v) is 4.55. The molecule has 1 amide bonds. The first-order valence-corrected chi connectivity index (χ1v) is 6.78. The Balaban J connectivity index is 2.34. The van der Waals surface area contributed by atoms with Crippen molar-refractivity contribution < 1.29 is 4.79 Å². The second kappa shape index (κ2) is 5.33. The fraction of sp³-hybridized carbons (Fsp3) is 0.917. The molecule has 1 N–H and O–H groups in total. The fourth-order valence-corrected chi connectivity index (χ4v) is 2.10. The number of alkyl halides is 1. The van der Waals surface area contributed by atoms with Crippen molar-refractivity contribution in [2.75, 3.05) is 0 Å². The Kier molecular flexibility index (Phi) is 4.63. The Hall–Kier alpha value is -0.0500. The molecule has 1 unspecified atom stereocenters. The number of carbonyl (C=O) groups excluding carboxylic acids is 1. The number of hydrogen-bond donors (Lipinski definition) is 1. The summed E-state index contributed by atoms with van der Waals surface area (Å²) in [5.41, 5.74) is -0.157. The summed E-state index contributed by atoms with van der Waals surface area (Å²) in [4.78, 5) is 12.1. The summed E-state index contributed by atoms with van der Waals surface area (Å²) in [6.07, 6.45) is 5.78. The zero-order valence-corrected chi connectivity index (χ0v) is 11.6. The Labute approximate surface area is 101 Å². The van der Waals surface area contributed by atoms with E-state index in [-0.39, 0.29) is 16.3 Å². The summed E-state index contributed by atoms with van der Waals surface area (Å²) >= 11 is 3.52. The summed E-state index contributed by atoms with van der Waals surface area (Å²) in [6.45, 7) is 6.17. The van der Waals surface area contributed by atoms with Gasteiger partial charge >= 0.3 is 0 Å². The molecule has 2 nitrogen and oxygen atoms in total. The number of halogens is 1. The monoisotopic (exact) mass is 275 g/mol. The van der Waals surface area contributed by atoms with Gasteiger partial charge in [0.05, 0.1) is 0 Å². The molecule has 1 atom stereocenters. The molecule has 1 fully saturated rings. The molecule has 15 heavy (non-hydrogen) atoms. The van der Waals surface area contributed by atoms with Gasteiger partial charge in [0.15, 0.2) is 0 Å². The first-order valence-electron chi connectivity index (χ1n) is 5.87. The predicted molar refractivity (Wildman–Crippen MR) is 67.2 cm³/mol. The second-order valence-corrected chi connectivity index (χ2v) is 6.61. The molecule has 1 aliphatic rings. The SMILES string of the molecule is CC(Br)C(C)(C)NC(=O)CC1CCCC1. The van der Waals surface area contributed by atoms with Crippen LogP contribution in [0.4, 0.5) is 0 Å². The van der Waals surface area contributed by atoms with Crippen LogP contribution < -0.4 is 5.32 Å². The normalized spacial score (nSPS) is 20.3. The third-order valence-electron chi connectivity index (χ3n) is 3.40. The van der Waals surface area contributed by atoms with E-state index in [0.717, 1.165) is 0 Å². The van der Waals surface area contributed by atoms with Crippen LogP contribution >= 0.6 is 15.9 Å². The van der Waals surface area contributed by atoms with Crippen LogP contribution in [0.2, 0.25) is 0 Å². The molecule has 0 aromatic carbocycles. The Morgan fingerprint density at radius 1 is 1.47 bits per heavy atom. The highest BCUT2D eigenvalue weighted by Crippen LogP contribution is 2.27. The summed E-state index contributed by atoms with van der Waals surface area (Å²) in [5.74, 6) is 0.838. The first kappa shape index (κ1) is 13.0. The van der Waals surface area contributed by atoms with E-state index in [1.165, 1.54) is 25.7 Å². The van der Waals surface area contributed by atoms with Crippen molar-refractivity contribution in [2.45, 2.75) is 63.2 Å². The molecule has 0 aliphatic heterocycles. The van der Waals surface area contributed by atoms with E-state index < -0.39 is 0 Å². The molecular weight excluding hydrogens is 254 g/mol. The molecule has 0 aromatic heterocycles. The highest BCUT2D eigenvalue weighted by atomic mass is 79.9. The smallest absolute Gasteiger partial charge is 0.220 e. The number of amides is 1. The van der Waals surface area contributed by atoms with Crippen molar-refractivity contribution in [2.24, 2.45) is 5.92 Å². The Morgan fingerprint density at radius 2 is 2.00 bits per heavy atom. The minimum atomic E-state index is -0.157. The maximum absolute atomic E-state index is 11.8. The van der Waals surface area contributed by atoms with Gasteiger partial charge in [-0.15, -0.1) is 0 Å². The van der Waals surface area contributed by atoms with Gasteiger partial charge in [0.2, 0.25) is 5.91 Å². The van der Waals surface area contributed by atoms with Gasteiger partial charge in [0.1, 0.15) is 0 Å². The van der Waals surface area contributed by atoms with Crippen molar-refractivity contribution in [3.05, 3.63) is 0 Å². The van der Waals surface area contributed by atoms with Gasteiger partial charge in [-0.1, -0.05) is 35.7 Å². The summed E-state index contributed by atoms with van der Waals surface area (Å²) in [6, 6.07) is 0. The van der Waals surface area contributed by atoms with Crippen LogP contribution in [-0.2, 0) is 4.79 Å². The predicted octanol–water partition coefficient (Wildman–Crippen LogP) is 3.24. The molecule has 3 heteroatoms. The highest BCUT2D eigenvalue weighted by Gasteiger charge is 2.27. The zero-order valence-electron chi connectivity index (χ0n) is 9.98. The minimum Gasteiger partial charge on any atom is -0.350 e. The van der Waals surface area contributed by atoms with Crippen LogP contribution in [0.3, 0.4) is 0 Å². The van der Waals surface area contributed by atoms with E-state index in [9.17, 15) is 4.79 Å². The van der Waals surface area contributed by atoms with Crippen molar-refractivity contribution in [3.63, 3.8) is 0 Å². The van der Waals surface area contributed by atoms with Gasteiger partial charge in [0.25, 0.3) is 0 Å². The van der Waals surface area contributed by atoms with Crippen LogP contribution in [0.15, 0.2) is 0 Å². The largest absolute Gasteiger partial charge is 0.350 e. The summed E-state index contributed by atoms with van der Waals surface area (Å²) in [7, 11) is 0. The lowest BCUT2D eigenvalue weighted by Crippen LogP contribution is -2.49. The van der Waals surface area contributed by atoms with Gasteiger partial charge in [0, 0.05) is 16.8 Å². The van der Waals surface area contributed by atoms with E-state index >= 15 is 0 Å². The van der Waals surface area contributed by atoms with E-state index in [2.05, 4.69) is 42.0 Å². The molecule has 0 aromatic rings. The molecular formula is C12H22BrNO. The van der Waals surface area contributed by atoms with E-state index in [1.807, 2.05) is 0 Å². The van der Waals surface area contributed by atoms with E-state index in [0.29, 0.717) is 12.3 Å². The molecule has 1 aliphatic carbocycles. The van der Waals surface area contributed by atoms with Crippen LogP contribution in [-0.4, -0.2) is 16.3 Å². The van der Waals surface area contributed by atoms with Crippen LogP contribution in [0, 0.1) is 5.92 Å². The number of nitrogens with one attached hydrogen (secondary N) is 1. The van der Waals surface area contributed by atoms with Crippen LogP contribution in [0.1, 0.15) is 52.9 Å². The lowest BCUT2D eigenvalue weighted by molar-refractivity contribution is -0.123. The van der Waals surface area contributed by atoms with Crippen LogP contribution in [0.5, 0.6) is 0 Å². The number of rotatable bonds is 4. The fourth-order valence-electron chi connectivity index (χ4n) is 1.99. The van der Waals surface area contributed by atoms with Crippen LogP contribution in [0.25, 0.3) is 0 Å². The molecule has 1 rings (SSSR count). The van der Waals surface area contributed by atoms with Crippen molar-refractivity contribution in [1.82, 2.24) is 5.32 Å². The van der Waals surface area contributed by atoms with Crippen molar-refractivity contribution >= 4 is 21.8 Å². The van der Waals surface area contributed by atoms with E-state index in [4.69, 9.17) is 0 Å². The highest BCUT2D eigenvalue weighted by molar-refractivity contribution is 9.09. The second-order valence-electron chi connectivity index (χ2n) is 5.24. The molecule has 1 saturated carbocycles. The zero-order chi connectivity index (χ0) is 11.5.